The van der Waals surface area contributed by atoms with E-state index < -0.39 is 33.5 Å². The summed E-state index contributed by atoms with van der Waals surface area (Å²) in [5, 5.41) is 5.63. The van der Waals surface area contributed by atoms with Gasteiger partial charge < -0.3 is 20.3 Å². The van der Waals surface area contributed by atoms with Crippen LogP contribution in [0.1, 0.15) is 81.3 Å². The van der Waals surface area contributed by atoms with Gasteiger partial charge in [0, 0.05) is 44.6 Å². The zero-order chi connectivity index (χ0) is 33.2. The number of hydrogen-bond donors (Lipinski definition) is 2. The molecule has 0 bridgehead atoms. The summed E-state index contributed by atoms with van der Waals surface area (Å²) in [4.78, 5) is 42.8. The number of nitrogens with one attached hydrogen (secondary N) is 2. The van der Waals surface area contributed by atoms with Gasteiger partial charge in [-0.25, -0.2) is 13.2 Å². The molecule has 11 nitrogen and oxygen atoms in total. The number of hydrogen-bond acceptors (Lipinski definition) is 7. The average Bonchev–Trinajstić information content (AvgIpc) is 3.01. The van der Waals surface area contributed by atoms with Crippen LogP contribution in [-0.4, -0.2) is 78.3 Å². The summed E-state index contributed by atoms with van der Waals surface area (Å²) >= 11 is 0. The lowest BCUT2D eigenvalue weighted by Crippen LogP contribution is -2.51. The monoisotopic (exact) mass is 651 g/mol. The Bertz CT molecular complexity index is 1590. The van der Waals surface area contributed by atoms with Crippen molar-refractivity contribution in [3.8, 4) is 0 Å². The molecule has 1 fully saturated rings. The molecule has 3 aliphatic rings. The van der Waals surface area contributed by atoms with Gasteiger partial charge in [-0.2, -0.15) is 0 Å². The molecule has 0 spiro atoms. The first-order valence-electron chi connectivity index (χ1n) is 15.9. The van der Waals surface area contributed by atoms with Crippen molar-refractivity contribution in [2.45, 2.75) is 88.9 Å². The number of fused-ring (bicyclic) bond motifs is 1. The third kappa shape index (κ3) is 7.55. The highest BCUT2D eigenvalue weighted by molar-refractivity contribution is 7.89. The number of benzene rings is 2. The summed E-state index contributed by atoms with van der Waals surface area (Å²) in [5.41, 5.74) is 3.79. The standard InChI is InChI=1S/C34H45N5O6S/c1-23-9-12-27(13-10-23)46(43,44)39-16-15-35-32(41)30(39)22-31(40)36-29-8-6-7-26-21-25(11-14-28(26)29)24(2)37-17-19-38(20-18-37)33(42)45-34(3,4)5/h9-16,21,24,29-30H,6-8,17-20,22H2,1-5H3,(H,35,41)(H,36,40). The molecule has 2 N–H and O–H groups in total. The van der Waals surface area contributed by atoms with E-state index in [0.717, 1.165) is 47.8 Å². The molecule has 3 atom stereocenters. The number of carbonyl (C=O) groups is 3. The van der Waals surface area contributed by atoms with Crippen molar-refractivity contribution in [3.05, 3.63) is 77.1 Å². The van der Waals surface area contributed by atoms with Crippen LogP contribution in [-0.2, 0) is 30.8 Å². The highest BCUT2D eigenvalue weighted by atomic mass is 32.2. The second-order valence-electron chi connectivity index (χ2n) is 13.3. The van der Waals surface area contributed by atoms with Crippen LogP contribution in [0.15, 0.2) is 59.8 Å². The predicted molar refractivity (Wildman–Crippen MR) is 174 cm³/mol. The largest absolute Gasteiger partial charge is 0.444 e. The summed E-state index contributed by atoms with van der Waals surface area (Å²) in [7, 11) is -4.05. The number of rotatable bonds is 7. The van der Waals surface area contributed by atoms with Gasteiger partial charge in [-0.15, -0.1) is 0 Å². The Kier molecular flexibility index (Phi) is 9.78. The Morgan fingerprint density at radius 1 is 1.07 bits per heavy atom. The minimum atomic E-state index is -4.05. The van der Waals surface area contributed by atoms with E-state index >= 15 is 0 Å². The molecule has 3 unspecified atom stereocenters. The maximum Gasteiger partial charge on any atom is 0.410 e. The van der Waals surface area contributed by atoms with Gasteiger partial charge in [0.25, 0.3) is 10.0 Å². The lowest BCUT2D eigenvalue weighted by atomic mass is 9.85. The molecule has 1 saturated heterocycles. The summed E-state index contributed by atoms with van der Waals surface area (Å²) in [5.74, 6) is -0.944. The van der Waals surface area contributed by atoms with E-state index in [1.807, 2.05) is 27.7 Å². The van der Waals surface area contributed by atoms with Gasteiger partial charge in [0.15, 0.2) is 0 Å². The smallest absolute Gasteiger partial charge is 0.410 e. The van der Waals surface area contributed by atoms with Gasteiger partial charge >= 0.3 is 6.09 Å². The lowest BCUT2D eigenvalue weighted by Gasteiger charge is -2.39. The predicted octanol–water partition coefficient (Wildman–Crippen LogP) is 4.15. The molecule has 2 heterocycles. The molecule has 2 aromatic rings. The number of amides is 3. The highest BCUT2D eigenvalue weighted by Crippen LogP contribution is 2.33. The molecule has 1 aliphatic carbocycles. The fourth-order valence-corrected chi connectivity index (χ4v) is 7.72. The van der Waals surface area contributed by atoms with Gasteiger partial charge in [-0.05, 0) is 82.7 Å². The highest BCUT2D eigenvalue weighted by Gasteiger charge is 2.37. The maximum absolute atomic E-state index is 13.4. The summed E-state index contributed by atoms with van der Waals surface area (Å²) in [6, 6.07) is 11.5. The molecule has 2 aliphatic heterocycles. The molecule has 2 aromatic carbocycles. The Hall–Kier alpha value is -3.90. The van der Waals surface area contributed by atoms with Gasteiger partial charge in [0.2, 0.25) is 11.8 Å². The molecule has 12 heteroatoms. The molecular weight excluding hydrogens is 606 g/mol. The van der Waals surface area contributed by atoms with Crippen molar-refractivity contribution in [2.24, 2.45) is 0 Å². The summed E-state index contributed by atoms with van der Waals surface area (Å²) in [6.45, 7) is 12.4. The fourth-order valence-electron chi connectivity index (χ4n) is 6.27. The fraction of sp³-hybridized carbons (Fsp3) is 0.500. The summed E-state index contributed by atoms with van der Waals surface area (Å²) in [6.07, 6.45) is 4.53. The number of carbonyl (C=O) groups excluding carboxylic acids is 3. The first-order chi connectivity index (χ1) is 21.7. The SMILES string of the molecule is Cc1ccc(S(=O)(=O)N2C=CNC(=O)C2CC(=O)NC2CCCc3cc(C(C)N4CCN(C(=O)OC(C)(C)C)CC4)ccc32)cc1. The topological polar surface area (TPSA) is 128 Å². The van der Waals surface area contributed by atoms with Crippen molar-refractivity contribution in [1.29, 1.82) is 0 Å². The van der Waals surface area contributed by atoms with Gasteiger partial charge in [0.1, 0.15) is 11.6 Å². The second kappa shape index (κ2) is 13.4. The molecule has 46 heavy (non-hydrogen) atoms. The minimum absolute atomic E-state index is 0.0546. The Morgan fingerprint density at radius 2 is 1.76 bits per heavy atom. The normalized spacial score (nSPS) is 21.3. The van der Waals surface area contributed by atoms with Crippen molar-refractivity contribution < 1.29 is 27.5 Å². The van der Waals surface area contributed by atoms with Crippen LogP contribution < -0.4 is 10.6 Å². The van der Waals surface area contributed by atoms with E-state index in [4.69, 9.17) is 4.74 Å². The van der Waals surface area contributed by atoms with Gasteiger partial charge in [-0.3, -0.25) is 18.8 Å². The van der Waals surface area contributed by atoms with Crippen molar-refractivity contribution in [2.75, 3.05) is 26.2 Å². The quantitative estimate of drug-likeness (QED) is 0.460. The molecule has 3 amide bonds. The van der Waals surface area contributed by atoms with Gasteiger partial charge in [-0.1, -0.05) is 35.9 Å². The third-order valence-electron chi connectivity index (χ3n) is 8.84. The van der Waals surface area contributed by atoms with Crippen LogP contribution in [0.5, 0.6) is 0 Å². The second-order valence-corrected chi connectivity index (χ2v) is 15.2. The molecule has 0 radical (unpaired) electrons. The maximum atomic E-state index is 13.4. The van der Waals surface area contributed by atoms with E-state index in [1.165, 1.54) is 35.7 Å². The molecule has 5 rings (SSSR count). The van der Waals surface area contributed by atoms with Crippen molar-refractivity contribution in [3.63, 3.8) is 0 Å². The van der Waals surface area contributed by atoms with E-state index in [2.05, 4.69) is 40.7 Å². The number of sulfonamides is 1. The van der Waals surface area contributed by atoms with Gasteiger partial charge in [0.05, 0.1) is 17.4 Å². The molecule has 0 saturated carbocycles. The third-order valence-corrected chi connectivity index (χ3v) is 10.6. The van der Waals surface area contributed by atoms with E-state index in [-0.39, 0.29) is 29.5 Å². The zero-order valence-corrected chi connectivity index (χ0v) is 28.1. The van der Waals surface area contributed by atoms with Crippen LogP contribution in [0.3, 0.4) is 0 Å². The van der Waals surface area contributed by atoms with Crippen molar-refractivity contribution >= 4 is 27.9 Å². The number of piperazine rings is 1. The first-order valence-corrected chi connectivity index (χ1v) is 17.4. The Morgan fingerprint density at radius 3 is 2.43 bits per heavy atom. The van der Waals surface area contributed by atoms with Crippen LogP contribution in [0.4, 0.5) is 4.79 Å². The van der Waals surface area contributed by atoms with Crippen LogP contribution in [0.25, 0.3) is 0 Å². The number of aryl methyl sites for hydroxylation is 2. The summed E-state index contributed by atoms with van der Waals surface area (Å²) < 4.78 is 33.4. The average molecular weight is 652 g/mol. The number of nitrogens with zero attached hydrogens (tertiary/aromatic N) is 3. The lowest BCUT2D eigenvalue weighted by molar-refractivity contribution is -0.129. The van der Waals surface area contributed by atoms with E-state index in [9.17, 15) is 22.8 Å². The van der Waals surface area contributed by atoms with E-state index in [1.54, 1.807) is 17.0 Å². The van der Waals surface area contributed by atoms with Crippen LogP contribution in [0, 0.1) is 6.92 Å². The Balaban J connectivity index is 1.23. The first kappa shape index (κ1) is 33.5. The van der Waals surface area contributed by atoms with Crippen LogP contribution >= 0.6 is 0 Å². The zero-order valence-electron chi connectivity index (χ0n) is 27.3. The molecule has 248 valence electrons. The Labute approximate surface area is 272 Å². The number of ether oxygens (including phenoxy) is 1. The van der Waals surface area contributed by atoms with E-state index in [0.29, 0.717) is 13.1 Å². The molecular formula is C34H45N5O6S. The van der Waals surface area contributed by atoms with Crippen molar-refractivity contribution in [1.82, 2.24) is 24.7 Å². The van der Waals surface area contributed by atoms with Crippen LogP contribution in [0.2, 0.25) is 0 Å². The minimum Gasteiger partial charge on any atom is -0.444 e. The molecule has 0 aromatic heterocycles.